The van der Waals surface area contributed by atoms with E-state index in [1.807, 2.05) is 0 Å². The molecule has 0 saturated carbocycles. The number of hydrogen-bond donors (Lipinski definition) is 1. The van der Waals surface area contributed by atoms with E-state index < -0.39 is 0 Å². The third-order valence-corrected chi connectivity index (χ3v) is 2.86. The minimum Gasteiger partial charge on any atom is -0.382 e. The standard InChI is InChI=1S/C13H29NO/c1-6-9-14-11-12(13(3,4)5)8-10-15-7-2/h12,14H,6-11H2,1-5H3. The van der Waals surface area contributed by atoms with Gasteiger partial charge in [-0.15, -0.1) is 0 Å². The van der Waals surface area contributed by atoms with Gasteiger partial charge in [-0.3, -0.25) is 0 Å². The Morgan fingerprint density at radius 2 is 1.87 bits per heavy atom. The predicted octanol–water partition coefficient (Wildman–Crippen LogP) is 3.07. The average molecular weight is 215 g/mol. The SMILES string of the molecule is CCCNCC(CCOCC)C(C)(C)C. The van der Waals surface area contributed by atoms with E-state index in [0.717, 1.165) is 32.7 Å². The maximum absolute atomic E-state index is 5.44. The largest absolute Gasteiger partial charge is 0.382 e. The van der Waals surface area contributed by atoms with Gasteiger partial charge in [-0.25, -0.2) is 0 Å². The van der Waals surface area contributed by atoms with Crippen LogP contribution in [0.2, 0.25) is 0 Å². The summed E-state index contributed by atoms with van der Waals surface area (Å²) in [4.78, 5) is 0. The number of nitrogens with one attached hydrogen (secondary N) is 1. The quantitative estimate of drug-likeness (QED) is 0.628. The third-order valence-electron chi connectivity index (χ3n) is 2.86. The van der Waals surface area contributed by atoms with Crippen molar-refractivity contribution in [2.75, 3.05) is 26.3 Å². The minimum atomic E-state index is 0.373. The van der Waals surface area contributed by atoms with E-state index in [9.17, 15) is 0 Å². The zero-order valence-corrected chi connectivity index (χ0v) is 11.2. The smallest absolute Gasteiger partial charge is 0.0469 e. The van der Waals surface area contributed by atoms with Crippen LogP contribution in [0.25, 0.3) is 0 Å². The first-order chi connectivity index (χ1) is 7.02. The number of rotatable bonds is 8. The van der Waals surface area contributed by atoms with Crippen molar-refractivity contribution in [2.45, 2.75) is 47.5 Å². The molecule has 1 N–H and O–H groups in total. The van der Waals surface area contributed by atoms with Crippen molar-refractivity contribution in [3.8, 4) is 0 Å². The van der Waals surface area contributed by atoms with Crippen molar-refractivity contribution in [1.29, 1.82) is 0 Å². The first kappa shape index (κ1) is 14.9. The molecule has 0 heterocycles. The lowest BCUT2D eigenvalue weighted by Crippen LogP contribution is -2.33. The molecule has 2 heteroatoms. The van der Waals surface area contributed by atoms with E-state index in [4.69, 9.17) is 4.74 Å². The second-order valence-corrected chi connectivity index (χ2v) is 5.25. The Morgan fingerprint density at radius 3 is 2.33 bits per heavy atom. The number of ether oxygens (including phenoxy) is 1. The van der Waals surface area contributed by atoms with E-state index in [1.165, 1.54) is 6.42 Å². The number of hydrogen-bond acceptors (Lipinski definition) is 2. The summed E-state index contributed by atoms with van der Waals surface area (Å²) in [5.74, 6) is 0.704. The molecular weight excluding hydrogens is 186 g/mol. The summed E-state index contributed by atoms with van der Waals surface area (Å²) in [5, 5.41) is 3.51. The van der Waals surface area contributed by atoms with Crippen molar-refractivity contribution < 1.29 is 4.74 Å². The van der Waals surface area contributed by atoms with Crippen LogP contribution in [-0.2, 0) is 4.74 Å². The molecule has 92 valence electrons. The molecule has 1 unspecified atom stereocenters. The van der Waals surface area contributed by atoms with Crippen LogP contribution < -0.4 is 5.32 Å². The molecule has 15 heavy (non-hydrogen) atoms. The van der Waals surface area contributed by atoms with Crippen molar-refractivity contribution in [1.82, 2.24) is 5.32 Å². The molecule has 0 aromatic rings. The zero-order chi connectivity index (χ0) is 11.7. The van der Waals surface area contributed by atoms with E-state index in [0.29, 0.717) is 11.3 Å². The first-order valence-corrected chi connectivity index (χ1v) is 6.30. The summed E-state index contributed by atoms with van der Waals surface area (Å²) in [6.45, 7) is 15.2. The second-order valence-electron chi connectivity index (χ2n) is 5.25. The summed E-state index contributed by atoms with van der Waals surface area (Å²) in [6, 6.07) is 0. The van der Waals surface area contributed by atoms with E-state index >= 15 is 0 Å². The van der Waals surface area contributed by atoms with Crippen molar-refractivity contribution in [2.24, 2.45) is 11.3 Å². The molecule has 0 amide bonds. The third kappa shape index (κ3) is 7.80. The van der Waals surface area contributed by atoms with Crippen LogP contribution in [0.1, 0.15) is 47.5 Å². The fourth-order valence-corrected chi connectivity index (χ4v) is 1.66. The highest BCUT2D eigenvalue weighted by molar-refractivity contribution is 4.75. The molecule has 0 aliphatic heterocycles. The molecule has 2 nitrogen and oxygen atoms in total. The zero-order valence-electron chi connectivity index (χ0n) is 11.2. The van der Waals surface area contributed by atoms with Gasteiger partial charge in [-0.1, -0.05) is 27.7 Å². The van der Waals surface area contributed by atoms with Crippen molar-refractivity contribution in [3.63, 3.8) is 0 Å². The van der Waals surface area contributed by atoms with Gasteiger partial charge in [-0.2, -0.15) is 0 Å². The lowest BCUT2D eigenvalue weighted by molar-refractivity contribution is 0.105. The van der Waals surface area contributed by atoms with Gasteiger partial charge in [0, 0.05) is 13.2 Å². The van der Waals surface area contributed by atoms with Gasteiger partial charge < -0.3 is 10.1 Å². The Kier molecular flexibility index (Phi) is 8.07. The van der Waals surface area contributed by atoms with Gasteiger partial charge in [0.2, 0.25) is 0 Å². The molecule has 1 atom stereocenters. The van der Waals surface area contributed by atoms with Crippen LogP contribution >= 0.6 is 0 Å². The topological polar surface area (TPSA) is 21.3 Å². The molecule has 0 aliphatic rings. The molecular formula is C13H29NO. The summed E-state index contributed by atoms with van der Waals surface area (Å²) >= 11 is 0. The Labute approximate surface area is 95.8 Å². The second kappa shape index (κ2) is 8.12. The van der Waals surface area contributed by atoms with Gasteiger partial charge in [0.05, 0.1) is 0 Å². The van der Waals surface area contributed by atoms with E-state index in [-0.39, 0.29) is 0 Å². The van der Waals surface area contributed by atoms with Crippen LogP contribution in [-0.4, -0.2) is 26.3 Å². The fraction of sp³-hybridized carbons (Fsp3) is 1.00. The van der Waals surface area contributed by atoms with Crippen LogP contribution in [0.15, 0.2) is 0 Å². The molecule has 0 radical (unpaired) electrons. The molecule has 0 bridgehead atoms. The molecule has 0 aromatic heterocycles. The Balaban J connectivity index is 3.85. The van der Waals surface area contributed by atoms with E-state index in [1.54, 1.807) is 0 Å². The van der Waals surface area contributed by atoms with Crippen molar-refractivity contribution in [3.05, 3.63) is 0 Å². The highest BCUT2D eigenvalue weighted by Crippen LogP contribution is 2.28. The van der Waals surface area contributed by atoms with Gasteiger partial charge >= 0.3 is 0 Å². The molecule has 0 fully saturated rings. The summed E-state index contributed by atoms with van der Waals surface area (Å²) in [5.41, 5.74) is 0.373. The van der Waals surface area contributed by atoms with Gasteiger partial charge in [0.15, 0.2) is 0 Å². The lowest BCUT2D eigenvalue weighted by Gasteiger charge is -2.31. The highest BCUT2D eigenvalue weighted by Gasteiger charge is 2.23. The normalized spacial score (nSPS) is 14.2. The average Bonchev–Trinajstić information content (AvgIpc) is 2.14. The van der Waals surface area contributed by atoms with E-state index in [2.05, 4.69) is 39.9 Å². The van der Waals surface area contributed by atoms with Gasteiger partial charge in [0.1, 0.15) is 0 Å². The first-order valence-electron chi connectivity index (χ1n) is 6.30. The molecule has 0 spiro atoms. The molecule has 0 aromatic carbocycles. The van der Waals surface area contributed by atoms with Crippen LogP contribution in [0.3, 0.4) is 0 Å². The van der Waals surface area contributed by atoms with Crippen LogP contribution in [0.5, 0.6) is 0 Å². The Bertz CT molecular complexity index is 130. The molecule has 0 aliphatic carbocycles. The Morgan fingerprint density at radius 1 is 1.20 bits per heavy atom. The van der Waals surface area contributed by atoms with Crippen LogP contribution in [0, 0.1) is 11.3 Å². The maximum Gasteiger partial charge on any atom is 0.0469 e. The van der Waals surface area contributed by atoms with Crippen LogP contribution in [0.4, 0.5) is 0 Å². The van der Waals surface area contributed by atoms with Crippen molar-refractivity contribution >= 4 is 0 Å². The summed E-state index contributed by atoms with van der Waals surface area (Å²) in [7, 11) is 0. The molecule has 0 rings (SSSR count). The predicted molar refractivity (Wildman–Crippen MR) is 67.2 cm³/mol. The lowest BCUT2D eigenvalue weighted by atomic mass is 9.79. The van der Waals surface area contributed by atoms with Gasteiger partial charge in [-0.05, 0) is 44.2 Å². The maximum atomic E-state index is 5.44. The fourth-order valence-electron chi connectivity index (χ4n) is 1.66. The monoisotopic (exact) mass is 215 g/mol. The summed E-state index contributed by atoms with van der Waals surface area (Å²) in [6.07, 6.45) is 2.37. The Hall–Kier alpha value is -0.0800. The van der Waals surface area contributed by atoms with Gasteiger partial charge in [0.25, 0.3) is 0 Å². The molecule has 0 saturated heterocycles. The minimum absolute atomic E-state index is 0.373. The summed E-state index contributed by atoms with van der Waals surface area (Å²) < 4.78 is 5.44. The highest BCUT2D eigenvalue weighted by atomic mass is 16.5.